The average Bonchev–Trinajstić information content (AvgIpc) is 3.61. The Morgan fingerprint density at radius 3 is 2.41 bits per heavy atom. The molecule has 3 fully saturated rings. The van der Waals surface area contributed by atoms with Crippen LogP contribution in [0.15, 0.2) is 29.8 Å². The molecule has 4 heterocycles. The van der Waals surface area contributed by atoms with Crippen LogP contribution in [0.1, 0.15) is 70.6 Å². The lowest BCUT2D eigenvalue weighted by Crippen LogP contribution is -2.60. The molecule has 0 bridgehead atoms. The van der Waals surface area contributed by atoms with Gasteiger partial charge in [-0.1, -0.05) is 51.5 Å². The summed E-state index contributed by atoms with van der Waals surface area (Å²) >= 11 is 1.61. The molecule has 4 atom stereocenters. The van der Waals surface area contributed by atoms with Gasteiger partial charge in [0.15, 0.2) is 0 Å². The lowest BCUT2D eigenvalue weighted by molar-refractivity contribution is -0.149. The number of hydrogen-bond donors (Lipinski definition) is 3. The first-order chi connectivity index (χ1) is 20.9. The molecule has 240 valence electrons. The number of primary amides is 1. The van der Waals surface area contributed by atoms with Crippen LogP contribution in [0.4, 0.5) is 4.79 Å². The lowest BCUT2D eigenvalue weighted by Gasteiger charge is -2.50. The average molecular weight is 625 g/mol. The third kappa shape index (κ3) is 7.10. The number of rotatable bonds is 7. The number of benzene rings is 1. The van der Waals surface area contributed by atoms with E-state index >= 15 is 0 Å². The molecule has 0 radical (unpaired) electrons. The molecule has 10 nitrogen and oxygen atoms in total. The molecule has 0 spiro atoms. The van der Waals surface area contributed by atoms with Crippen LogP contribution in [0, 0.1) is 18.3 Å². The fraction of sp³-hybridized carbons (Fsp3) is 0.636. The molecule has 2 aromatic rings. The predicted molar refractivity (Wildman–Crippen MR) is 172 cm³/mol. The number of β-amino-alcohol motifs (C(OH)–C–C–N with tert-alkyl or cyclic N) is 1. The van der Waals surface area contributed by atoms with Gasteiger partial charge in [0.05, 0.1) is 28.1 Å². The zero-order valence-electron chi connectivity index (χ0n) is 26.5. The Hall–Kier alpha value is -3.02. The minimum absolute atomic E-state index is 0.0310. The van der Waals surface area contributed by atoms with Crippen molar-refractivity contribution in [2.75, 3.05) is 26.2 Å². The van der Waals surface area contributed by atoms with E-state index in [0.717, 1.165) is 60.3 Å². The van der Waals surface area contributed by atoms with E-state index in [1.165, 1.54) is 0 Å². The molecule has 3 saturated heterocycles. The van der Waals surface area contributed by atoms with Gasteiger partial charge in [0, 0.05) is 44.7 Å². The van der Waals surface area contributed by atoms with Crippen molar-refractivity contribution >= 4 is 29.2 Å². The molecule has 1 unspecified atom stereocenters. The summed E-state index contributed by atoms with van der Waals surface area (Å²) in [6, 6.07) is 7.31. The molecule has 1 aromatic carbocycles. The van der Waals surface area contributed by atoms with Crippen molar-refractivity contribution in [2.24, 2.45) is 17.1 Å². The zero-order chi connectivity index (χ0) is 31.6. The van der Waals surface area contributed by atoms with Crippen molar-refractivity contribution in [1.29, 1.82) is 0 Å². The van der Waals surface area contributed by atoms with Gasteiger partial charge in [-0.05, 0) is 55.7 Å². The number of aromatic nitrogens is 1. The van der Waals surface area contributed by atoms with Gasteiger partial charge >= 0.3 is 6.03 Å². The maximum absolute atomic E-state index is 14.5. The van der Waals surface area contributed by atoms with E-state index in [2.05, 4.69) is 36.0 Å². The minimum atomic E-state index is -0.738. The van der Waals surface area contributed by atoms with Crippen molar-refractivity contribution in [3.8, 4) is 10.4 Å². The van der Waals surface area contributed by atoms with Crippen molar-refractivity contribution in [2.45, 2.75) is 97.0 Å². The van der Waals surface area contributed by atoms with Gasteiger partial charge in [0.25, 0.3) is 0 Å². The molecule has 44 heavy (non-hydrogen) atoms. The number of nitrogens with one attached hydrogen (secondary N) is 1. The first kappa shape index (κ1) is 32.4. The second-order valence-electron chi connectivity index (χ2n) is 13.8. The van der Waals surface area contributed by atoms with Gasteiger partial charge in [0.1, 0.15) is 6.04 Å². The van der Waals surface area contributed by atoms with E-state index in [1.807, 2.05) is 36.7 Å². The summed E-state index contributed by atoms with van der Waals surface area (Å²) in [5.41, 5.74) is 10.1. The molecular formula is C33H48N6O4S. The molecule has 4 N–H and O–H groups in total. The monoisotopic (exact) mass is 624 g/mol. The van der Waals surface area contributed by atoms with E-state index in [-0.39, 0.29) is 54.2 Å². The Labute approximate surface area is 265 Å². The summed E-state index contributed by atoms with van der Waals surface area (Å²) in [7, 11) is 0. The van der Waals surface area contributed by atoms with Crippen molar-refractivity contribution in [3.05, 3.63) is 41.0 Å². The van der Waals surface area contributed by atoms with Crippen LogP contribution in [-0.2, 0) is 16.1 Å². The predicted octanol–water partition coefficient (Wildman–Crippen LogP) is 3.76. The highest BCUT2D eigenvalue weighted by atomic mass is 32.1. The fourth-order valence-electron chi connectivity index (χ4n) is 7.47. The number of carbonyl (C=O) groups is 3. The normalized spacial score (nSPS) is 24.3. The Morgan fingerprint density at radius 2 is 1.80 bits per heavy atom. The number of likely N-dealkylation sites (tertiary alicyclic amines) is 3. The number of nitrogens with zero attached hydrogens (tertiary/aromatic N) is 4. The quantitative estimate of drug-likeness (QED) is 0.430. The molecule has 5 rings (SSSR count). The van der Waals surface area contributed by atoms with E-state index in [1.54, 1.807) is 21.1 Å². The Kier molecular flexibility index (Phi) is 9.96. The highest BCUT2D eigenvalue weighted by Gasteiger charge is 2.49. The van der Waals surface area contributed by atoms with Crippen molar-refractivity contribution in [3.63, 3.8) is 0 Å². The number of thiazole rings is 1. The van der Waals surface area contributed by atoms with Crippen LogP contribution in [0.25, 0.3) is 10.4 Å². The van der Waals surface area contributed by atoms with Crippen molar-refractivity contribution < 1.29 is 19.5 Å². The molecule has 1 aromatic heterocycles. The molecule has 0 aliphatic carbocycles. The number of aliphatic hydroxyl groups is 1. The van der Waals surface area contributed by atoms with Crippen LogP contribution in [0.2, 0.25) is 0 Å². The fourth-order valence-corrected chi connectivity index (χ4v) is 8.28. The van der Waals surface area contributed by atoms with Gasteiger partial charge in [-0.25, -0.2) is 9.78 Å². The number of aliphatic hydroxyl groups excluding tert-OH is 1. The molecule has 3 aliphatic heterocycles. The third-order valence-electron chi connectivity index (χ3n) is 9.71. The Bertz CT molecular complexity index is 1320. The van der Waals surface area contributed by atoms with Crippen LogP contribution >= 0.6 is 11.3 Å². The minimum Gasteiger partial charge on any atom is -0.391 e. The molecular weight excluding hydrogens is 576 g/mol. The van der Waals surface area contributed by atoms with Crippen LogP contribution in [-0.4, -0.2) is 93.0 Å². The SMILES string of the molecule is Cc1ncsc1-c1ccc(CNC(=O)[C@@H]2C[C@@H](O)CN2C(=O)[C@H](C2CCCCN2C2CCN(C(N)=O)CC2)C(C)(C)C)cc1. The Morgan fingerprint density at radius 1 is 1.09 bits per heavy atom. The van der Waals surface area contributed by atoms with E-state index < -0.39 is 12.1 Å². The van der Waals surface area contributed by atoms with Crippen LogP contribution in [0.5, 0.6) is 0 Å². The number of nitrogens with two attached hydrogens (primary N) is 1. The van der Waals surface area contributed by atoms with Crippen molar-refractivity contribution in [1.82, 2.24) is 25.0 Å². The number of hydrogen-bond acceptors (Lipinski definition) is 7. The molecule has 3 aliphatic rings. The first-order valence-electron chi connectivity index (χ1n) is 16.0. The molecule has 11 heteroatoms. The summed E-state index contributed by atoms with van der Waals surface area (Å²) in [5.74, 6) is -0.616. The maximum atomic E-state index is 14.5. The lowest BCUT2D eigenvalue weighted by atomic mass is 9.71. The largest absolute Gasteiger partial charge is 0.391 e. The van der Waals surface area contributed by atoms with Gasteiger partial charge < -0.3 is 26.0 Å². The number of aryl methyl sites for hydroxylation is 1. The standard InChI is InChI=1S/C33H48N6O4S/c1-21-29(44-20-36-21)23-10-8-22(9-11-23)18-35-30(41)27-17-25(40)19-39(27)31(42)28(33(2,3)4)26-7-5-6-14-38(26)24-12-15-37(16-13-24)32(34)43/h8-11,20,24-28,40H,5-7,12-19H2,1-4H3,(H2,34,43)(H,35,41)/t25-,26?,27+,28+/m1/s1. The number of piperidine rings is 2. The third-order valence-corrected chi connectivity index (χ3v) is 10.7. The van der Waals surface area contributed by atoms with Gasteiger partial charge in [-0.3, -0.25) is 14.5 Å². The second-order valence-corrected chi connectivity index (χ2v) is 14.6. The summed E-state index contributed by atoms with van der Waals surface area (Å²) < 4.78 is 0. The smallest absolute Gasteiger partial charge is 0.314 e. The zero-order valence-corrected chi connectivity index (χ0v) is 27.3. The second kappa shape index (κ2) is 13.5. The summed E-state index contributed by atoms with van der Waals surface area (Å²) in [5, 5.41) is 13.7. The van der Waals surface area contributed by atoms with Gasteiger partial charge in [0.2, 0.25) is 11.8 Å². The first-order valence-corrected chi connectivity index (χ1v) is 16.9. The topological polar surface area (TPSA) is 132 Å². The van der Waals surface area contributed by atoms with Gasteiger partial charge in [-0.2, -0.15) is 0 Å². The highest BCUT2D eigenvalue weighted by Crippen LogP contribution is 2.40. The maximum Gasteiger partial charge on any atom is 0.314 e. The number of urea groups is 1. The van der Waals surface area contributed by atoms with E-state index in [0.29, 0.717) is 19.6 Å². The van der Waals surface area contributed by atoms with Crippen LogP contribution in [0.3, 0.4) is 0 Å². The summed E-state index contributed by atoms with van der Waals surface area (Å²) in [6.07, 6.45) is 4.21. The summed E-state index contributed by atoms with van der Waals surface area (Å²) in [4.78, 5) is 51.1. The highest BCUT2D eigenvalue weighted by molar-refractivity contribution is 7.13. The number of amides is 4. The summed E-state index contributed by atoms with van der Waals surface area (Å²) in [6.45, 7) is 11.0. The van der Waals surface area contributed by atoms with Crippen LogP contribution < -0.4 is 11.1 Å². The number of carbonyl (C=O) groups excluding carboxylic acids is 3. The van der Waals surface area contributed by atoms with E-state index in [9.17, 15) is 19.5 Å². The van der Waals surface area contributed by atoms with Gasteiger partial charge in [-0.15, -0.1) is 11.3 Å². The molecule has 4 amide bonds. The Balaban J connectivity index is 1.28. The molecule has 0 saturated carbocycles. The van der Waals surface area contributed by atoms with E-state index in [4.69, 9.17) is 5.73 Å².